The monoisotopic (exact) mass is 535 g/mol. The van der Waals surface area contributed by atoms with Crippen molar-refractivity contribution in [3.05, 3.63) is 93.5 Å². The van der Waals surface area contributed by atoms with Gasteiger partial charge >= 0.3 is 5.97 Å². The Labute approximate surface area is 215 Å². The van der Waals surface area contributed by atoms with Crippen molar-refractivity contribution in [2.24, 2.45) is 0 Å². The first-order valence-electron chi connectivity index (χ1n) is 11.1. The largest absolute Gasteiger partial charge is 0.462 e. The van der Waals surface area contributed by atoms with E-state index in [1.54, 1.807) is 37.3 Å². The van der Waals surface area contributed by atoms with Crippen molar-refractivity contribution >= 4 is 39.0 Å². The summed E-state index contributed by atoms with van der Waals surface area (Å²) in [6.07, 6.45) is -0.0872. The average Bonchev–Trinajstić information content (AvgIpc) is 2.82. The second kappa shape index (κ2) is 12.0. The molecule has 0 spiro atoms. The van der Waals surface area contributed by atoms with Gasteiger partial charge < -0.3 is 15.2 Å². The van der Waals surface area contributed by atoms with Crippen molar-refractivity contribution in [2.75, 3.05) is 13.2 Å². The maximum absolute atomic E-state index is 13.3. The van der Waals surface area contributed by atoms with E-state index in [1.807, 2.05) is 13.0 Å². The second-order valence-corrected chi connectivity index (χ2v) is 10.8. The molecule has 0 unspecified atom stereocenters. The van der Waals surface area contributed by atoms with Gasteiger partial charge in [0, 0.05) is 17.6 Å². The molecule has 3 aromatic carbocycles. The molecule has 6 nitrogen and oxygen atoms in total. The van der Waals surface area contributed by atoms with Crippen LogP contribution in [0.3, 0.4) is 0 Å². The molecular formula is C26H27Cl2NO5S. The number of esters is 1. The fourth-order valence-corrected chi connectivity index (χ4v) is 5.82. The van der Waals surface area contributed by atoms with Gasteiger partial charge in [0.05, 0.1) is 28.2 Å². The zero-order valence-corrected chi connectivity index (χ0v) is 21.7. The molecule has 0 fully saturated rings. The van der Waals surface area contributed by atoms with Crippen LogP contribution in [0.4, 0.5) is 0 Å². The summed E-state index contributed by atoms with van der Waals surface area (Å²) in [5, 5.41) is 14.2. The van der Waals surface area contributed by atoms with Gasteiger partial charge in [0.15, 0.2) is 0 Å². The number of hydrogen-bond acceptors (Lipinski definition) is 6. The minimum absolute atomic E-state index is 0.0188. The Morgan fingerprint density at radius 2 is 1.74 bits per heavy atom. The summed E-state index contributed by atoms with van der Waals surface area (Å²) in [5.74, 6) is -0.745. The number of carbonyl (C=O) groups excluding carboxylic acids is 1. The zero-order valence-electron chi connectivity index (χ0n) is 19.4. The van der Waals surface area contributed by atoms with Crippen LogP contribution in [0.2, 0.25) is 10.0 Å². The quantitative estimate of drug-likeness (QED) is 0.344. The molecule has 0 aliphatic rings. The van der Waals surface area contributed by atoms with Crippen molar-refractivity contribution in [1.29, 1.82) is 0 Å². The third kappa shape index (κ3) is 6.84. The molecule has 0 heterocycles. The van der Waals surface area contributed by atoms with Crippen molar-refractivity contribution in [3.63, 3.8) is 0 Å². The fourth-order valence-electron chi connectivity index (χ4n) is 3.64. The van der Waals surface area contributed by atoms with Gasteiger partial charge in [-0.25, -0.2) is 13.2 Å². The summed E-state index contributed by atoms with van der Waals surface area (Å²) in [7, 11) is -4.06. The summed E-state index contributed by atoms with van der Waals surface area (Å²) in [6, 6.07) is 17.9. The van der Waals surface area contributed by atoms with Gasteiger partial charge in [-0.2, -0.15) is 0 Å². The van der Waals surface area contributed by atoms with Crippen LogP contribution in [0.5, 0.6) is 0 Å². The highest BCUT2D eigenvalue weighted by molar-refractivity contribution is 7.91. The van der Waals surface area contributed by atoms with Crippen LogP contribution < -0.4 is 5.32 Å². The molecule has 0 aliphatic heterocycles. The molecule has 0 radical (unpaired) electrons. The van der Waals surface area contributed by atoms with Gasteiger partial charge in [-0.05, 0) is 67.8 Å². The van der Waals surface area contributed by atoms with E-state index in [0.717, 1.165) is 11.1 Å². The molecule has 0 saturated heterocycles. The molecule has 3 aromatic rings. The summed E-state index contributed by atoms with van der Waals surface area (Å²) >= 11 is 12.2. The maximum atomic E-state index is 13.3. The Balaban J connectivity index is 1.70. The van der Waals surface area contributed by atoms with E-state index in [-0.39, 0.29) is 33.0 Å². The lowest BCUT2D eigenvalue weighted by molar-refractivity contribution is 0.0522. The minimum atomic E-state index is -4.06. The Hall–Kier alpha value is -2.42. The maximum Gasteiger partial charge on any atom is 0.339 e. The lowest BCUT2D eigenvalue weighted by atomic mass is 10.1. The van der Waals surface area contributed by atoms with E-state index in [0.29, 0.717) is 18.0 Å². The molecule has 0 bridgehead atoms. The van der Waals surface area contributed by atoms with Crippen molar-refractivity contribution in [2.45, 2.75) is 42.2 Å². The molecule has 0 aromatic heterocycles. The SMILES string of the molecule is CCOC(=O)c1cccc(Cl)c1S(=O)(=O)c1ccc(C[C@@H](C)NC[C@H](O)c2cccc(Cl)c2)cc1. The summed E-state index contributed by atoms with van der Waals surface area (Å²) in [6.45, 7) is 4.08. The van der Waals surface area contributed by atoms with Crippen LogP contribution in [0.1, 0.15) is 41.4 Å². The lowest BCUT2D eigenvalue weighted by Crippen LogP contribution is -2.32. The number of sulfone groups is 1. The number of hydrogen-bond donors (Lipinski definition) is 2. The molecular weight excluding hydrogens is 509 g/mol. The molecule has 0 aliphatic carbocycles. The molecule has 2 N–H and O–H groups in total. The average molecular weight is 536 g/mol. The Kier molecular flexibility index (Phi) is 9.33. The van der Waals surface area contributed by atoms with Gasteiger partial charge in [0.25, 0.3) is 0 Å². The molecule has 186 valence electrons. The molecule has 3 rings (SSSR count). The topological polar surface area (TPSA) is 92.7 Å². The predicted molar refractivity (Wildman–Crippen MR) is 137 cm³/mol. The van der Waals surface area contributed by atoms with Gasteiger partial charge in [0.2, 0.25) is 9.84 Å². The van der Waals surface area contributed by atoms with E-state index >= 15 is 0 Å². The van der Waals surface area contributed by atoms with E-state index in [2.05, 4.69) is 5.32 Å². The Morgan fingerprint density at radius 1 is 1.06 bits per heavy atom. The third-order valence-corrected chi connectivity index (χ3v) is 7.93. The lowest BCUT2D eigenvalue weighted by Gasteiger charge is -2.18. The first-order valence-corrected chi connectivity index (χ1v) is 13.3. The van der Waals surface area contributed by atoms with E-state index in [9.17, 15) is 18.3 Å². The highest BCUT2D eigenvalue weighted by Gasteiger charge is 2.28. The van der Waals surface area contributed by atoms with Crippen LogP contribution in [-0.2, 0) is 21.0 Å². The number of benzene rings is 3. The van der Waals surface area contributed by atoms with Gasteiger partial charge in [-0.1, -0.05) is 53.5 Å². The number of halogens is 2. The summed E-state index contributed by atoms with van der Waals surface area (Å²) in [4.78, 5) is 12.1. The van der Waals surface area contributed by atoms with Gasteiger partial charge in [0.1, 0.15) is 4.90 Å². The standard InChI is InChI=1S/C26H27Cl2NO5S/c1-3-34-26(31)22-8-5-9-23(28)25(22)35(32,33)21-12-10-18(11-13-21)14-17(2)29-16-24(30)19-6-4-7-20(27)15-19/h4-13,15,17,24,29-30H,3,14,16H2,1-2H3/t17-,24+/m1/s1. The smallest absolute Gasteiger partial charge is 0.339 e. The zero-order chi connectivity index (χ0) is 25.6. The number of nitrogens with one attached hydrogen (secondary N) is 1. The molecule has 9 heteroatoms. The number of rotatable bonds is 10. The molecule has 0 amide bonds. The second-order valence-electron chi connectivity index (χ2n) is 8.07. The van der Waals surface area contributed by atoms with Crippen LogP contribution in [0.15, 0.2) is 76.5 Å². The number of ether oxygens (including phenoxy) is 1. The third-order valence-electron chi connectivity index (χ3n) is 5.40. The van der Waals surface area contributed by atoms with E-state index in [1.165, 1.54) is 30.3 Å². The van der Waals surface area contributed by atoms with Crippen LogP contribution in [0.25, 0.3) is 0 Å². The molecule has 35 heavy (non-hydrogen) atoms. The minimum Gasteiger partial charge on any atom is -0.462 e. The normalized spacial score (nSPS) is 13.3. The number of carbonyl (C=O) groups is 1. The van der Waals surface area contributed by atoms with Crippen molar-refractivity contribution in [3.8, 4) is 0 Å². The van der Waals surface area contributed by atoms with Crippen molar-refractivity contribution < 1.29 is 23.1 Å². The van der Waals surface area contributed by atoms with Crippen LogP contribution >= 0.6 is 23.2 Å². The molecule has 2 atom stereocenters. The summed E-state index contributed by atoms with van der Waals surface area (Å²) in [5.41, 5.74) is 1.54. The number of aliphatic hydroxyl groups is 1. The predicted octanol–water partition coefficient (Wildman–Crippen LogP) is 5.26. The highest BCUT2D eigenvalue weighted by Crippen LogP contribution is 2.31. The highest BCUT2D eigenvalue weighted by atomic mass is 35.5. The molecule has 0 saturated carbocycles. The van der Waals surface area contributed by atoms with Gasteiger partial charge in [-0.15, -0.1) is 0 Å². The Bertz CT molecular complexity index is 1280. The first kappa shape index (κ1) is 27.2. The van der Waals surface area contributed by atoms with Gasteiger partial charge in [-0.3, -0.25) is 0 Å². The Morgan fingerprint density at radius 3 is 2.40 bits per heavy atom. The number of aliphatic hydroxyl groups excluding tert-OH is 1. The van der Waals surface area contributed by atoms with Crippen LogP contribution in [0, 0.1) is 0 Å². The first-order chi connectivity index (χ1) is 16.6. The van der Waals surface area contributed by atoms with Crippen LogP contribution in [-0.4, -0.2) is 38.7 Å². The van der Waals surface area contributed by atoms with E-state index in [4.69, 9.17) is 27.9 Å². The summed E-state index contributed by atoms with van der Waals surface area (Å²) < 4.78 is 31.6. The van der Waals surface area contributed by atoms with Crippen molar-refractivity contribution in [1.82, 2.24) is 5.32 Å². The van der Waals surface area contributed by atoms with E-state index < -0.39 is 21.9 Å². The fraction of sp³-hybridized carbons (Fsp3) is 0.269.